The van der Waals surface area contributed by atoms with E-state index in [1.54, 1.807) is 18.2 Å². The second-order valence-corrected chi connectivity index (χ2v) is 9.79. The van der Waals surface area contributed by atoms with Crippen LogP contribution >= 0.6 is 11.6 Å². The first-order valence-corrected chi connectivity index (χ1v) is 11.9. The minimum Gasteiger partial charge on any atom is -0.494 e. The van der Waals surface area contributed by atoms with Crippen LogP contribution in [0, 0.1) is 11.3 Å². The van der Waals surface area contributed by atoms with E-state index in [4.69, 9.17) is 21.1 Å². The Morgan fingerprint density at radius 1 is 1.00 bits per heavy atom. The maximum Gasteiger partial charge on any atom is 0.205 e. The van der Waals surface area contributed by atoms with Crippen molar-refractivity contribution in [1.29, 1.82) is 5.26 Å². The van der Waals surface area contributed by atoms with E-state index < -0.39 is 11.2 Å². The van der Waals surface area contributed by atoms with Gasteiger partial charge in [-0.25, -0.2) is 0 Å². The lowest BCUT2D eigenvalue weighted by atomic mass is 9.78. The Hall–Kier alpha value is -3.66. The molecule has 2 N–H and O–H groups in total. The third-order valence-corrected chi connectivity index (χ3v) is 7.71. The molecule has 2 aliphatic rings. The van der Waals surface area contributed by atoms with Gasteiger partial charge in [0.25, 0.3) is 0 Å². The number of ether oxygens (including phenoxy) is 2. The summed E-state index contributed by atoms with van der Waals surface area (Å²) < 4.78 is 13.9. The van der Waals surface area contributed by atoms with Gasteiger partial charge in [0.1, 0.15) is 11.4 Å². The molecule has 0 radical (unpaired) electrons. The number of para-hydroxylation sites is 1. The first-order valence-electron chi connectivity index (χ1n) is 11.6. The van der Waals surface area contributed by atoms with E-state index in [9.17, 15) is 15.5 Å². The van der Waals surface area contributed by atoms with Gasteiger partial charge in [-0.05, 0) is 44.0 Å². The largest absolute Gasteiger partial charge is 0.494 e. The van der Waals surface area contributed by atoms with E-state index in [1.165, 1.54) is 4.57 Å². The van der Waals surface area contributed by atoms with Gasteiger partial charge in [0, 0.05) is 17.2 Å². The summed E-state index contributed by atoms with van der Waals surface area (Å²) in [6.45, 7) is 2.29. The highest BCUT2D eigenvalue weighted by atomic mass is 35.5. The molecule has 1 aromatic heterocycles. The van der Waals surface area contributed by atoms with Crippen molar-refractivity contribution >= 4 is 22.4 Å². The van der Waals surface area contributed by atoms with E-state index in [0.717, 1.165) is 17.2 Å². The van der Waals surface area contributed by atoms with Gasteiger partial charge in [-0.3, -0.25) is 4.57 Å². The van der Waals surface area contributed by atoms with Crippen molar-refractivity contribution in [1.82, 2.24) is 4.57 Å². The number of rotatable bonds is 5. The average molecular weight is 487 g/mol. The second-order valence-electron chi connectivity index (χ2n) is 9.38. The Labute approximate surface area is 207 Å². The van der Waals surface area contributed by atoms with E-state index in [1.807, 2.05) is 49.4 Å². The molecule has 6 nitrogen and oxygen atoms in total. The first kappa shape index (κ1) is 21.8. The maximum atomic E-state index is 11.5. The summed E-state index contributed by atoms with van der Waals surface area (Å²) >= 11 is 6.23. The van der Waals surface area contributed by atoms with Crippen molar-refractivity contribution in [2.45, 2.75) is 37.4 Å². The van der Waals surface area contributed by atoms with Gasteiger partial charge in [-0.15, -0.1) is 0 Å². The van der Waals surface area contributed by atoms with Crippen LogP contribution in [0.5, 0.6) is 17.5 Å². The number of hydrogen-bond acceptors (Lipinski definition) is 5. The molecule has 6 rings (SSSR count). The summed E-state index contributed by atoms with van der Waals surface area (Å²) in [6.07, 6.45) is 1.91. The molecule has 0 unspecified atom stereocenters. The lowest BCUT2D eigenvalue weighted by Crippen LogP contribution is -2.25. The molecule has 0 amide bonds. The van der Waals surface area contributed by atoms with Crippen LogP contribution in [0.25, 0.3) is 16.5 Å². The van der Waals surface area contributed by atoms with Crippen LogP contribution in [-0.2, 0) is 15.9 Å². The van der Waals surface area contributed by atoms with Gasteiger partial charge in [0.2, 0.25) is 11.8 Å². The second kappa shape index (κ2) is 7.67. The van der Waals surface area contributed by atoms with Crippen molar-refractivity contribution in [2.75, 3.05) is 6.61 Å². The molecule has 0 saturated carbocycles. The molecule has 2 bridgehead atoms. The molecule has 3 aromatic carbocycles. The molecule has 2 atom stereocenters. The van der Waals surface area contributed by atoms with Crippen LogP contribution in [0.4, 0.5) is 0 Å². The molecule has 1 saturated heterocycles. The quantitative estimate of drug-likeness (QED) is 0.347. The number of nitrogens with zero attached hydrogens (tertiary/aromatic N) is 2. The van der Waals surface area contributed by atoms with Gasteiger partial charge >= 0.3 is 0 Å². The van der Waals surface area contributed by atoms with Crippen molar-refractivity contribution in [2.24, 2.45) is 0 Å². The molecule has 35 heavy (non-hydrogen) atoms. The van der Waals surface area contributed by atoms with Crippen LogP contribution in [0.3, 0.4) is 0 Å². The zero-order valence-electron chi connectivity index (χ0n) is 19.1. The zero-order chi connectivity index (χ0) is 24.4. The van der Waals surface area contributed by atoms with Crippen molar-refractivity contribution < 1.29 is 19.7 Å². The molecule has 2 aliphatic heterocycles. The molecule has 176 valence electrons. The van der Waals surface area contributed by atoms with E-state index in [2.05, 4.69) is 6.07 Å². The van der Waals surface area contributed by atoms with Crippen LogP contribution in [-0.4, -0.2) is 21.4 Å². The molecular formula is C28H23ClN2O4. The fraction of sp³-hybridized carbons (Fsp3) is 0.250. The predicted molar refractivity (Wildman–Crippen MR) is 132 cm³/mol. The van der Waals surface area contributed by atoms with Gasteiger partial charge in [-0.1, -0.05) is 48.0 Å². The molecule has 7 heteroatoms. The number of nitriles is 1. The monoisotopic (exact) mass is 486 g/mol. The van der Waals surface area contributed by atoms with E-state index in [-0.39, 0.29) is 11.8 Å². The van der Waals surface area contributed by atoms with Gasteiger partial charge in [-0.2, -0.15) is 5.26 Å². The summed E-state index contributed by atoms with van der Waals surface area (Å²) in [5.74, 6) is 0.509. The highest BCUT2D eigenvalue weighted by Crippen LogP contribution is 2.65. The Balaban J connectivity index is 1.44. The smallest absolute Gasteiger partial charge is 0.205 e. The van der Waals surface area contributed by atoms with Crippen molar-refractivity contribution in [3.8, 4) is 29.3 Å². The zero-order valence-corrected chi connectivity index (χ0v) is 19.8. The molecule has 3 heterocycles. The Kier molecular flexibility index (Phi) is 4.79. The topological polar surface area (TPSA) is 87.6 Å². The number of hydrogen-bond donors (Lipinski definition) is 2. The first-order chi connectivity index (χ1) is 16.9. The predicted octanol–water partition coefficient (Wildman–Crippen LogP) is 6.27. The maximum absolute atomic E-state index is 11.5. The standard InChI is InChI=1S/C28H23ClN2O4/c1-27-12-13-28(35-27,14-15-34-22-9-5-4-8-20(22)29)24-23(27)25(32)31(26(24)33)21-11-10-17(16-30)18-6-2-3-7-19(18)21/h2-11,32-33H,12-15H2,1H3/t27-,28-/m0/s1. The number of aromatic hydroxyl groups is 2. The highest BCUT2D eigenvalue weighted by molar-refractivity contribution is 6.32. The van der Waals surface area contributed by atoms with Gasteiger partial charge in [0.15, 0.2) is 0 Å². The summed E-state index contributed by atoms with van der Waals surface area (Å²) in [5, 5.41) is 34.5. The fourth-order valence-electron chi connectivity index (χ4n) is 5.80. The van der Waals surface area contributed by atoms with Crippen molar-refractivity contribution in [3.63, 3.8) is 0 Å². The van der Waals surface area contributed by atoms with Crippen LogP contribution in [0.2, 0.25) is 5.02 Å². The fourth-order valence-corrected chi connectivity index (χ4v) is 5.99. The van der Waals surface area contributed by atoms with E-state index in [0.29, 0.717) is 52.6 Å². The summed E-state index contributed by atoms with van der Waals surface area (Å²) in [4.78, 5) is 0. The SMILES string of the molecule is C[C@@]12CC[C@@](CCOc3ccccc3Cl)(O1)c1c2c(O)n(-c2ccc(C#N)c3ccccc23)c1O. The molecular weight excluding hydrogens is 464 g/mol. The average Bonchev–Trinajstić information content (AvgIpc) is 3.44. The molecule has 4 aromatic rings. The van der Waals surface area contributed by atoms with Crippen molar-refractivity contribution in [3.05, 3.63) is 82.4 Å². The summed E-state index contributed by atoms with van der Waals surface area (Å²) in [7, 11) is 0. The number of aromatic nitrogens is 1. The molecule has 1 fully saturated rings. The number of benzene rings is 3. The minimum absolute atomic E-state index is 0.0385. The van der Waals surface area contributed by atoms with Gasteiger partial charge < -0.3 is 19.7 Å². The summed E-state index contributed by atoms with van der Waals surface area (Å²) in [6, 6.07) is 20.5. The molecule has 0 aliphatic carbocycles. The van der Waals surface area contributed by atoms with Crippen LogP contribution in [0.1, 0.15) is 42.9 Å². The minimum atomic E-state index is -0.777. The third-order valence-electron chi connectivity index (χ3n) is 7.39. The van der Waals surface area contributed by atoms with E-state index >= 15 is 0 Å². The highest BCUT2D eigenvalue weighted by Gasteiger charge is 2.61. The molecule has 0 spiro atoms. The van der Waals surface area contributed by atoms with Gasteiger partial charge in [0.05, 0.1) is 45.7 Å². The van der Waals surface area contributed by atoms with Crippen LogP contribution < -0.4 is 4.74 Å². The number of fused-ring (bicyclic) bond motifs is 6. The Bertz CT molecular complexity index is 1540. The lowest BCUT2D eigenvalue weighted by Gasteiger charge is -2.26. The Morgan fingerprint density at radius 2 is 1.71 bits per heavy atom. The van der Waals surface area contributed by atoms with Crippen LogP contribution in [0.15, 0.2) is 60.7 Å². The number of halogens is 1. The normalized spacial score (nSPS) is 22.3. The summed E-state index contributed by atoms with van der Waals surface area (Å²) in [5.41, 5.74) is 0.878. The Morgan fingerprint density at radius 3 is 2.49 bits per heavy atom. The lowest BCUT2D eigenvalue weighted by molar-refractivity contribution is -0.0876. The third kappa shape index (κ3) is 3.05.